The van der Waals surface area contributed by atoms with E-state index in [4.69, 9.17) is 9.84 Å². The fraction of sp³-hybridized carbons (Fsp3) is 0.375. The Kier molecular flexibility index (Phi) is 5.69. The van der Waals surface area contributed by atoms with Crippen LogP contribution in [0.15, 0.2) is 60.2 Å². The molecule has 2 aromatic carbocycles. The van der Waals surface area contributed by atoms with E-state index in [0.29, 0.717) is 17.1 Å². The maximum Gasteiger partial charge on any atom is 0.341 e. The molecule has 2 aromatic rings. The molecule has 0 spiro atoms. The number of carboxylic acid groups (broad SMARTS) is 1. The monoisotopic (exact) mass is 364 g/mol. The van der Waals surface area contributed by atoms with Gasteiger partial charge in [-0.1, -0.05) is 68.8 Å². The van der Waals surface area contributed by atoms with E-state index in [1.54, 1.807) is 0 Å². The van der Waals surface area contributed by atoms with Gasteiger partial charge in [-0.15, -0.1) is 0 Å². The van der Waals surface area contributed by atoms with E-state index in [0.717, 1.165) is 18.4 Å². The molecule has 1 aliphatic rings. The molecule has 1 aliphatic carbocycles. The molecule has 1 fully saturated rings. The summed E-state index contributed by atoms with van der Waals surface area (Å²) in [5, 5.41) is 8.78. The van der Waals surface area contributed by atoms with Crippen LogP contribution in [0.5, 0.6) is 5.75 Å². The van der Waals surface area contributed by atoms with Gasteiger partial charge in [0.2, 0.25) is 0 Å². The van der Waals surface area contributed by atoms with Gasteiger partial charge in [0, 0.05) is 0 Å². The molecule has 1 N–H and O–H groups in total. The third-order valence-electron chi connectivity index (χ3n) is 5.11. The zero-order chi connectivity index (χ0) is 19.4. The Morgan fingerprint density at radius 3 is 2.30 bits per heavy atom. The summed E-state index contributed by atoms with van der Waals surface area (Å²) in [6.07, 6.45) is 3.46. The Labute approximate surface area is 161 Å². The quantitative estimate of drug-likeness (QED) is 0.729. The van der Waals surface area contributed by atoms with Crippen LogP contribution in [0.25, 0.3) is 5.57 Å². The van der Waals surface area contributed by atoms with E-state index in [1.165, 1.54) is 23.1 Å². The molecule has 0 aromatic heterocycles. The zero-order valence-electron chi connectivity index (χ0n) is 16.4. The molecule has 1 atom stereocenters. The molecule has 0 saturated heterocycles. The van der Waals surface area contributed by atoms with Crippen LogP contribution in [0.4, 0.5) is 0 Å². The van der Waals surface area contributed by atoms with Crippen molar-refractivity contribution >= 4 is 11.5 Å². The van der Waals surface area contributed by atoms with Crippen LogP contribution in [0.3, 0.4) is 0 Å². The van der Waals surface area contributed by atoms with Crippen molar-refractivity contribution < 1.29 is 14.6 Å². The van der Waals surface area contributed by atoms with Crippen molar-refractivity contribution in [1.82, 2.24) is 0 Å². The third kappa shape index (κ3) is 5.00. The first-order chi connectivity index (χ1) is 12.8. The highest BCUT2D eigenvalue weighted by Crippen LogP contribution is 2.45. The molecule has 0 amide bonds. The normalized spacial score (nSPS) is 20.8. The van der Waals surface area contributed by atoms with Gasteiger partial charge in [0.1, 0.15) is 5.75 Å². The Balaban J connectivity index is 2.01. The van der Waals surface area contributed by atoms with E-state index in [1.807, 2.05) is 30.3 Å². The highest BCUT2D eigenvalue weighted by Gasteiger charge is 2.30. The lowest BCUT2D eigenvalue weighted by Gasteiger charge is -2.37. The second-order valence-electron chi connectivity index (χ2n) is 8.41. The molecule has 3 heteroatoms. The Hall–Kier alpha value is -2.55. The maximum absolute atomic E-state index is 10.7. The first kappa shape index (κ1) is 19.2. The van der Waals surface area contributed by atoms with Crippen LogP contribution in [-0.2, 0) is 4.79 Å². The fourth-order valence-corrected chi connectivity index (χ4v) is 4.39. The summed E-state index contributed by atoms with van der Waals surface area (Å²) >= 11 is 0. The van der Waals surface area contributed by atoms with Crippen molar-refractivity contribution in [3.05, 3.63) is 71.3 Å². The summed E-state index contributed by atoms with van der Waals surface area (Å²) < 4.78 is 5.29. The van der Waals surface area contributed by atoms with E-state index < -0.39 is 5.97 Å². The summed E-state index contributed by atoms with van der Waals surface area (Å²) in [5.74, 6) is 0.279. The molecular weight excluding hydrogens is 336 g/mol. The topological polar surface area (TPSA) is 46.5 Å². The second kappa shape index (κ2) is 7.99. The standard InChI is InChI=1S/C24H28O3/c1-17-13-20(15-24(2,3)14-17)23(18-7-5-4-6-8-18)19-9-11-21(12-10-19)27-16-22(25)26/h4-12,17H,13-16H2,1-3H3,(H,25,26)/b23-20+. The Morgan fingerprint density at radius 1 is 1.07 bits per heavy atom. The molecule has 1 saturated carbocycles. The Morgan fingerprint density at radius 2 is 1.70 bits per heavy atom. The minimum atomic E-state index is -0.968. The summed E-state index contributed by atoms with van der Waals surface area (Å²) in [5.41, 5.74) is 5.50. The number of rotatable bonds is 5. The van der Waals surface area contributed by atoms with Crippen molar-refractivity contribution in [3.8, 4) is 5.75 Å². The van der Waals surface area contributed by atoms with Gasteiger partial charge < -0.3 is 9.84 Å². The smallest absolute Gasteiger partial charge is 0.341 e. The minimum Gasteiger partial charge on any atom is -0.482 e. The molecule has 0 aliphatic heterocycles. The predicted molar refractivity (Wildman–Crippen MR) is 109 cm³/mol. The average molecular weight is 364 g/mol. The van der Waals surface area contributed by atoms with E-state index in [2.05, 4.69) is 45.0 Å². The summed E-state index contributed by atoms with van der Waals surface area (Å²) in [6.45, 7) is 6.73. The van der Waals surface area contributed by atoms with Gasteiger partial charge >= 0.3 is 5.97 Å². The fourth-order valence-electron chi connectivity index (χ4n) is 4.39. The van der Waals surface area contributed by atoms with E-state index in [9.17, 15) is 4.79 Å². The van der Waals surface area contributed by atoms with Gasteiger partial charge in [-0.2, -0.15) is 0 Å². The average Bonchev–Trinajstić information content (AvgIpc) is 2.60. The van der Waals surface area contributed by atoms with Gasteiger partial charge in [0.05, 0.1) is 0 Å². The van der Waals surface area contributed by atoms with Gasteiger partial charge in [0.15, 0.2) is 6.61 Å². The predicted octanol–water partition coefficient (Wildman–Crippen LogP) is 5.80. The molecule has 0 bridgehead atoms. The second-order valence-corrected chi connectivity index (χ2v) is 8.41. The van der Waals surface area contributed by atoms with Gasteiger partial charge in [-0.05, 0) is 59.4 Å². The lowest BCUT2D eigenvalue weighted by molar-refractivity contribution is -0.139. The molecular formula is C24H28O3. The van der Waals surface area contributed by atoms with Gasteiger partial charge in [-0.3, -0.25) is 0 Å². The van der Waals surface area contributed by atoms with Crippen LogP contribution < -0.4 is 4.74 Å². The largest absolute Gasteiger partial charge is 0.482 e. The molecule has 3 nitrogen and oxygen atoms in total. The number of allylic oxidation sites excluding steroid dienone is 1. The number of carboxylic acids is 1. The van der Waals surface area contributed by atoms with Crippen molar-refractivity contribution in [2.24, 2.45) is 11.3 Å². The first-order valence-corrected chi connectivity index (χ1v) is 9.56. The number of hydrogen-bond donors (Lipinski definition) is 1. The lowest BCUT2D eigenvalue weighted by Crippen LogP contribution is -2.23. The first-order valence-electron chi connectivity index (χ1n) is 9.56. The molecule has 1 unspecified atom stereocenters. The number of hydrogen-bond acceptors (Lipinski definition) is 2. The van der Waals surface area contributed by atoms with Gasteiger partial charge in [-0.25, -0.2) is 4.79 Å². The summed E-state index contributed by atoms with van der Waals surface area (Å²) in [4.78, 5) is 10.7. The van der Waals surface area contributed by atoms with Crippen LogP contribution >= 0.6 is 0 Å². The van der Waals surface area contributed by atoms with Crippen LogP contribution in [0.1, 0.15) is 51.2 Å². The van der Waals surface area contributed by atoms with Crippen LogP contribution in [0, 0.1) is 11.3 Å². The molecule has 27 heavy (non-hydrogen) atoms. The Bertz CT molecular complexity index is 816. The van der Waals surface area contributed by atoms with Gasteiger partial charge in [0.25, 0.3) is 0 Å². The maximum atomic E-state index is 10.7. The number of ether oxygens (including phenoxy) is 1. The van der Waals surface area contributed by atoms with Crippen molar-refractivity contribution in [2.75, 3.05) is 6.61 Å². The third-order valence-corrected chi connectivity index (χ3v) is 5.11. The minimum absolute atomic E-state index is 0.303. The molecule has 0 radical (unpaired) electrons. The zero-order valence-corrected chi connectivity index (χ0v) is 16.4. The van der Waals surface area contributed by atoms with Crippen molar-refractivity contribution in [3.63, 3.8) is 0 Å². The van der Waals surface area contributed by atoms with E-state index >= 15 is 0 Å². The van der Waals surface area contributed by atoms with Crippen molar-refractivity contribution in [2.45, 2.75) is 40.0 Å². The number of carbonyl (C=O) groups is 1. The summed E-state index contributed by atoms with van der Waals surface area (Å²) in [7, 11) is 0. The number of aliphatic carboxylic acids is 1. The SMILES string of the molecule is CC1C/C(=C(/c2ccccc2)c2ccc(OCC(=O)O)cc2)CC(C)(C)C1. The van der Waals surface area contributed by atoms with Crippen LogP contribution in [-0.4, -0.2) is 17.7 Å². The van der Waals surface area contributed by atoms with E-state index in [-0.39, 0.29) is 6.61 Å². The number of benzene rings is 2. The van der Waals surface area contributed by atoms with Crippen molar-refractivity contribution in [1.29, 1.82) is 0 Å². The summed E-state index contributed by atoms with van der Waals surface area (Å²) in [6, 6.07) is 18.3. The molecule has 142 valence electrons. The lowest BCUT2D eigenvalue weighted by atomic mass is 9.68. The highest BCUT2D eigenvalue weighted by molar-refractivity contribution is 5.82. The molecule has 0 heterocycles. The highest BCUT2D eigenvalue weighted by atomic mass is 16.5. The molecule has 3 rings (SSSR count). The van der Waals surface area contributed by atoms with Crippen LogP contribution in [0.2, 0.25) is 0 Å².